The molecule has 0 aliphatic heterocycles. The van der Waals surface area contributed by atoms with Crippen LogP contribution in [0.15, 0.2) is 23.6 Å². The molecule has 2 rings (SSSR count). The number of thiophene rings is 1. The summed E-state index contributed by atoms with van der Waals surface area (Å²) in [5.74, 6) is -0.827. The highest BCUT2D eigenvalue weighted by molar-refractivity contribution is 7.18. The quantitative estimate of drug-likeness (QED) is 0.882. The molecule has 0 atom stereocenters. The van der Waals surface area contributed by atoms with Gasteiger partial charge in [0.2, 0.25) is 0 Å². The minimum Gasteiger partial charge on any atom is -0.481 e. The minimum atomic E-state index is -0.886. The van der Waals surface area contributed by atoms with E-state index < -0.39 is 11.4 Å². The Morgan fingerprint density at radius 1 is 1.44 bits per heavy atom. The van der Waals surface area contributed by atoms with E-state index in [4.69, 9.17) is 11.6 Å². The standard InChI is InChI=1S/C12H11ClO2S/c1-12(2,11(14)15)8-6-16-10-7(8)4-3-5-9(10)13/h3-6H,1-2H3,(H,14,15). The van der Waals surface area contributed by atoms with E-state index in [2.05, 4.69) is 0 Å². The van der Waals surface area contributed by atoms with Gasteiger partial charge in [-0.1, -0.05) is 23.7 Å². The van der Waals surface area contributed by atoms with E-state index in [9.17, 15) is 9.90 Å². The molecule has 84 valence electrons. The summed E-state index contributed by atoms with van der Waals surface area (Å²) in [6.45, 7) is 3.41. The van der Waals surface area contributed by atoms with Crippen molar-refractivity contribution in [3.63, 3.8) is 0 Å². The third kappa shape index (κ3) is 1.60. The van der Waals surface area contributed by atoms with Crippen LogP contribution in [0.4, 0.5) is 0 Å². The predicted octanol–water partition coefficient (Wildman–Crippen LogP) is 3.92. The van der Waals surface area contributed by atoms with Crippen LogP contribution in [0.3, 0.4) is 0 Å². The molecule has 1 heterocycles. The molecule has 2 nitrogen and oxygen atoms in total. The Balaban J connectivity index is 2.72. The van der Waals surface area contributed by atoms with Crippen LogP contribution < -0.4 is 0 Å². The van der Waals surface area contributed by atoms with E-state index in [1.54, 1.807) is 13.8 Å². The zero-order valence-electron chi connectivity index (χ0n) is 8.95. The second kappa shape index (κ2) is 3.75. The number of hydrogen-bond acceptors (Lipinski definition) is 2. The first-order valence-corrected chi connectivity index (χ1v) is 6.10. The lowest BCUT2D eigenvalue weighted by molar-refractivity contribution is -0.142. The maximum Gasteiger partial charge on any atom is 0.313 e. The molecule has 0 unspecified atom stereocenters. The van der Waals surface area contributed by atoms with Crippen molar-refractivity contribution in [2.45, 2.75) is 19.3 Å². The van der Waals surface area contributed by atoms with E-state index in [0.717, 1.165) is 15.6 Å². The Kier molecular flexibility index (Phi) is 2.68. The molecule has 0 bridgehead atoms. The van der Waals surface area contributed by atoms with Gasteiger partial charge in [0.05, 0.1) is 15.1 Å². The van der Waals surface area contributed by atoms with Crippen molar-refractivity contribution in [1.29, 1.82) is 0 Å². The zero-order chi connectivity index (χ0) is 11.9. The summed E-state index contributed by atoms with van der Waals surface area (Å²) in [4.78, 5) is 11.2. The average molecular weight is 255 g/mol. The third-order valence-corrected chi connectivity index (χ3v) is 4.22. The van der Waals surface area contributed by atoms with E-state index in [-0.39, 0.29) is 0 Å². The van der Waals surface area contributed by atoms with Crippen molar-refractivity contribution in [2.75, 3.05) is 0 Å². The summed E-state index contributed by atoms with van der Waals surface area (Å²) in [6, 6.07) is 5.58. The van der Waals surface area contributed by atoms with Gasteiger partial charge in [-0.05, 0) is 36.2 Å². The highest BCUT2D eigenvalue weighted by atomic mass is 35.5. The molecule has 0 saturated carbocycles. The molecule has 0 radical (unpaired) electrons. The van der Waals surface area contributed by atoms with E-state index in [1.165, 1.54) is 11.3 Å². The fourth-order valence-electron chi connectivity index (χ4n) is 1.62. The predicted molar refractivity (Wildman–Crippen MR) is 67.5 cm³/mol. The molecule has 0 fully saturated rings. The number of halogens is 1. The van der Waals surface area contributed by atoms with Gasteiger partial charge in [-0.25, -0.2) is 0 Å². The maximum absolute atomic E-state index is 11.2. The lowest BCUT2D eigenvalue weighted by Gasteiger charge is -2.18. The van der Waals surface area contributed by atoms with Crippen LogP contribution in [0.1, 0.15) is 19.4 Å². The zero-order valence-corrected chi connectivity index (χ0v) is 10.5. The van der Waals surface area contributed by atoms with Gasteiger partial charge in [-0.2, -0.15) is 0 Å². The van der Waals surface area contributed by atoms with Crippen LogP contribution in [0.25, 0.3) is 10.1 Å². The number of hydrogen-bond donors (Lipinski definition) is 1. The normalized spacial score (nSPS) is 11.9. The maximum atomic E-state index is 11.2. The van der Waals surface area contributed by atoms with Gasteiger partial charge in [-0.15, -0.1) is 11.3 Å². The summed E-state index contributed by atoms with van der Waals surface area (Å²) in [7, 11) is 0. The second-order valence-electron chi connectivity index (χ2n) is 4.20. The molecule has 0 spiro atoms. The summed E-state index contributed by atoms with van der Waals surface area (Å²) in [6.07, 6.45) is 0. The lowest BCUT2D eigenvalue weighted by Crippen LogP contribution is -2.28. The van der Waals surface area contributed by atoms with Gasteiger partial charge >= 0.3 is 5.97 Å². The first-order chi connectivity index (χ1) is 7.44. The number of fused-ring (bicyclic) bond motifs is 1. The Labute approximate surface area is 102 Å². The topological polar surface area (TPSA) is 37.3 Å². The minimum absolute atomic E-state index is 0.676. The van der Waals surface area contributed by atoms with Crippen LogP contribution in [0, 0.1) is 0 Å². The number of aliphatic carboxylic acids is 1. The van der Waals surface area contributed by atoms with Crippen molar-refractivity contribution in [3.8, 4) is 0 Å². The monoisotopic (exact) mass is 254 g/mol. The summed E-state index contributed by atoms with van der Waals surface area (Å²) < 4.78 is 0.952. The van der Waals surface area contributed by atoms with Crippen molar-refractivity contribution < 1.29 is 9.90 Å². The van der Waals surface area contributed by atoms with Gasteiger partial charge in [0.25, 0.3) is 0 Å². The van der Waals surface area contributed by atoms with Crippen LogP contribution in [0.5, 0.6) is 0 Å². The van der Waals surface area contributed by atoms with E-state index in [0.29, 0.717) is 5.02 Å². The van der Waals surface area contributed by atoms with Crippen molar-refractivity contribution in [3.05, 3.63) is 34.2 Å². The SMILES string of the molecule is CC(C)(C(=O)O)c1csc2c(Cl)cccc12. The van der Waals surface area contributed by atoms with Crippen molar-refractivity contribution >= 4 is 39.0 Å². The molecule has 0 amide bonds. The second-order valence-corrected chi connectivity index (χ2v) is 5.48. The number of benzene rings is 1. The molecule has 16 heavy (non-hydrogen) atoms. The van der Waals surface area contributed by atoms with Gasteiger partial charge in [-0.3, -0.25) is 4.79 Å². The molecule has 1 aromatic heterocycles. The Hall–Kier alpha value is -1.06. The first-order valence-electron chi connectivity index (χ1n) is 4.84. The summed E-state index contributed by atoms with van der Waals surface area (Å²) in [5.41, 5.74) is -0.0642. The van der Waals surface area contributed by atoms with Crippen LogP contribution >= 0.6 is 22.9 Å². The highest BCUT2D eigenvalue weighted by Gasteiger charge is 2.32. The lowest BCUT2D eigenvalue weighted by atomic mass is 9.85. The van der Waals surface area contributed by atoms with Crippen LogP contribution in [-0.2, 0) is 10.2 Å². The van der Waals surface area contributed by atoms with E-state index >= 15 is 0 Å². The van der Waals surface area contributed by atoms with Gasteiger partial charge in [0.1, 0.15) is 0 Å². The molecular weight excluding hydrogens is 244 g/mol. The fourth-order valence-corrected chi connectivity index (χ4v) is 3.07. The van der Waals surface area contributed by atoms with Gasteiger partial charge in [0, 0.05) is 0 Å². The van der Waals surface area contributed by atoms with E-state index in [1.807, 2.05) is 23.6 Å². The van der Waals surface area contributed by atoms with Crippen molar-refractivity contribution in [2.24, 2.45) is 0 Å². The van der Waals surface area contributed by atoms with Crippen LogP contribution in [-0.4, -0.2) is 11.1 Å². The molecular formula is C12H11ClO2S. The molecule has 2 aromatic rings. The largest absolute Gasteiger partial charge is 0.481 e. The average Bonchev–Trinajstić information content (AvgIpc) is 2.63. The smallest absolute Gasteiger partial charge is 0.313 e. The molecule has 1 N–H and O–H groups in total. The van der Waals surface area contributed by atoms with Crippen molar-refractivity contribution in [1.82, 2.24) is 0 Å². The number of carboxylic acid groups (broad SMARTS) is 1. The first kappa shape index (κ1) is 11.4. The van der Waals surface area contributed by atoms with Gasteiger partial charge in [0.15, 0.2) is 0 Å². The number of carbonyl (C=O) groups is 1. The summed E-state index contributed by atoms with van der Waals surface area (Å²) in [5, 5.41) is 12.7. The molecule has 0 saturated heterocycles. The fraction of sp³-hybridized carbons (Fsp3) is 0.250. The van der Waals surface area contributed by atoms with Crippen LogP contribution in [0.2, 0.25) is 5.02 Å². The summed E-state index contributed by atoms with van der Waals surface area (Å²) >= 11 is 7.55. The molecule has 0 aliphatic rings. The number of rotatable bonds is 2. The Morgan fingerprint density at radius 3 is 2.75 bits per heavy atom. The Bertz CT molecular complexity index is 557. The molecule has 4 heteroatoms. The van der Waals surface area contributed by atoms with Gasteiger partial charge < -0.3 is 5.11 Å². The molecule has 1 aromatic carbocycles. The third-order valence-electron chi connectivity index (χ3n) is 2.76. The highest BCUT2D eigenvalue weighted by Crippen LogP contribution is 2.38. The Morgan fingerprint density at radius 2 is 2.12 bits per heavy atom. The number of carboxylic acids is 1. The molecule has 0 aliphatic carbocycles.